The number of ether oxygens (including phenoxy) is 2. The van der Waals surface area contributed by atoms with Crippen molar-refractivity contribution in [2.75, 3.05) is 44.6 Å². The Hall–Kier alpha value is -2.52. The highest BCUT2D eigenvalue weighted by Gasteiger charge is 2.42. The van der Waals surface area contributed by atoms with Gasteiger partial charge in [0.15, 0.2) is 0 Å². The Labute approximate surface area is 219 Å². The Kier molecular flexibility index (Phi) is 8.77. The second-order valence-electron chi connectivity index (χ2n) is 11.0. The van der Waals surface area contributed by atoms with Crippen LogP contribution >= 0.6 is 11.8 Å². The van der Waals surface area contributed by atoms with Gasteiger partial charge in [-0.15, -0.1) is 11.8 Å². The number of nitrogens with zero attached hydrogens (tertiary/aromatic N) is 3. The quantitative estimate of drug-likeness (QED) is 0.528. The first-order chi connectivity index (χ1) is 16.9. The van der Waals surface area contributed by atoms with Crippen molar-refractivity contribution < 1.29 is 19.1 Å². The molecule has 8 nitrogen and oxygen atoms in total. The van der Waals surface area contributed by atoms with Crippen LogP contribution in [0.15, 0.2) is 24.3 Å². The van der Waals surface area contributed by atoms with Gasteiger partial charge >= 0.3 is 0 Å². The Morgan fingerprint density at radius 3 is 2.47 bits per heavy atom. The first kappa shape index (κ1) is 28.1. The van der Waals surface area contributed by atoms with Crippen LogP contribution in [0.4, 0.5) is 5.82 Å². The Morgan fingerprint density at radius 1 is 1.17 bits per heavy atom. The van der Waals surface area contributed by atoms with E-state index in [0.29, 0.717) is 25.4 Å². The van der Waals surface area contributed by atoms with E-state index in [2.05, 4.69) is 46.9 Å². The summed E-state index contributed by atoms with van der Waals surface area (Å²) in [4.78, 5) is 28.2. The second-order valence-corrected chi connectivity index (χ2v) is 12.1. The van der Waals surface area contributed by atoms with E-state index < -0.39 is 5.54 Å². The van der Waals surface area contributed by atoms with Gasteiger partial charge in [-0.05, 0) is 33.3 Å². The van der Waals surface area contributed by atoms with Gasteiger partial charge in [0.05, 0.1) is 29.3 Å². The average Bonchev–Trinajstić information content (AvgIpc) is 3.16. The third-order valence-electron chi connectivity index (χ3n) is 6.01. The molecule has 2 aromatic rings. The lowest BCUT2D eigenvalue weighted by atomic mass is 9.87. The topological polar surface area (TPSA) is 85.7 Å². The van der Waals surface area contributed by atoms with Crippen LogP contribution in [-0.4, -0.2) is 61.3 Å². The molecule has 0 radical (unpaired) electrons. The minimum atomic E-state index is -0.415. The number of carbonyl (C=O) groups excluding carboxylic acids is 2. The average molecular weight is 517 g/mol. The number of carbonyl (C=O) groups is 2. The third-order valence-corrected chi connectivity index (χ3v) is 7.24. The molecule has 0 fully saturated rings. The molecular weight excluding hydrogens is 476 g/mol. The van der Waals surface area contributed by atoms with Crippen molar-refractivity contribution in [3.63, 3.8) is 0 Å². The molecule has 0 bridgehead atoms. The zero-order valence-corrected chi connectivity index (χ0v) is 23.6. The molecule has 1 atom stereocenters. The Bertz CT molecular complexity index is 1080. The van der Waals surface area contributed by atoms with Crippen LogP contribution in [0.1, 0.15) is 70.0 Å². The van der Waals surface area contributed by atoms with E-state index in [-0.39, 0.29) is 34.8 Å². The van der Waals surface area contributed by atoms with E-state index in [1.165, 1.54) is 0 Å². The van der Waals surface area contributed by atoms with Crippen LogP contribution < -0.4 is 15.0 Å². The molecule has 0 unspecified atom stereocenters. The van der Waals surface area contributed by atoms with Crippen molar-refractivity contribution in [1.29, 1.82) is 0 Å². The zero-order chi connectivity index (χ0) is 26.7. The minimum Gasteiger partial charge on any atom is -0.496 e. The fourth-order valence-corrected chi connectivity index (χ4v) is 5.54. The van der Waals surface area contributed by atoms with Crippen LogP contribution in [-0.2, 0) is 25.3 Å². The maximum absolute atomic E-state index is 13.6. The molecule has 9 heteroatoms. The largest absolute Gasteiger partial charge is 0.496 e. The highest BCUT2D eigenvalue weighted by molar-refractivity contribution is 8.00. The van der Waals surface area contributed by atoms with Gasteiger partial charge in [-0.3, -0.25) is 14.5 Å². The fourth-order valence-electron chi connectivity index (χ4n) is 4.31. The van der Waals surface area contributed by atoms with Crippen LogP contribution in [0.3, 0.4) is 0 Å². The molecule has 0 saturated carbocycles. The maximum Gasteiger partial charge on any atom is 0.240 e. The van der Waals surface area contributed by atoms with Crippen LogP contribution in [0, 0.1) is 0 Å². The summed E-state index contributed by atoms with van der Waals surface area (Å²) in [5, 5.41) is 7.85. The number of rotatable bonds is 8. The minimum absolute atomic E-state index is 0.0661. The van der Waals surface area contributed by atoms with Crippen molar-refractivity contribution >= 4 is 29.4 Å². The van der Waals surface area contributed by atoms with E-state index in [1.807, 2.05) is 28.9 Å². The molecule has 1 aliphatic rings. The predicted molar refractivity (Wildman–Crippen MR) is 145 cm³/mol. The number of nitrogens with one attached hydrogen (secondary N) is 1. The van der Waals surface area contributed by atoms with E-state index in [0.717, 1.165) is 22.6 Å². The highest BCUT2D eigenvalue weighted by Crippen LogP contribution is 2.50. The number of anilines is 1. The number of hydrogen-bond acceptors (Lipinski definition) is 6. The lowest BCUT2D eigenvalue weighted by Crippen LogP contribution is -2.44. The van der Waals surface area contributed by atoms with Gasteiger partial charge in [-0.25, -0.2) is 4.68 Å². The lowest BCUT2D eigenvalue weighted by molar-refractivity contribution is -0.123. The molecule has 1 N–H and O–H groups in total. The molecule has 0 aliphatic carbocycles. The summed E-state index contributed by atoms with van der Waals surface area (Å²) in [6.07, 6.45) is 0.710. The summed E-state index contributed by atoms with van der Waals surface area (Å²) in [6, 6.07) is 7.92. The van der Waals surface area contributed by atoms with Crippen LogP contribution in [0.2, 0.25) is 0 Å². The van der Waals surface area contributed by atoms with Gasteiger partial charge in [0, 0.05) is 36.8 Å². The number of para-hydroxylation sites is 1. The van der Waals surface area contributed by atoms with Gasteiger partial charge < -0.3 is 14.8 Å². The van der Waals surface area contributed by atoms with Gasteiger partial charge in [-0.2, -0.15) is 5.10 Å². The van der Waals surface area contributed by atoms with Gasteiger partial charge in [0.25, 0.3) is 0 Å². The number of amides is 2. The predicted octanol–water partition coefficient (Wildman–Crippen LogP) is 4.27. The molecular formula is C27H40N4O4S. The molecule has 1 aromatic carbocycles. The summed E-state index contributed by atoms with van der Waals surface area (Å²) in [7, 11) is 3.30. The van der Waals surface area contributed by atoms with E-state index >= 15 is 0 Å². The first-order valence-electron chi connectivity index (χ1n) is 12.3. The monoisotopic (exact) mass is 516 g/mol. The standard InChI is InChI=1S/C27H40N4O4S/c1-26(2,3)24-22-23(18-12-9-10-13-19(18)35-8)36-17-21(33)30(16-20(32)28-14-11-15-34-7)25(22)31(29-24)27(4,5)6/h9-10,12-13,23H,11,14-17H2,1-8H3,(H,28,32)/t23-/m1/s1. The number of hydrogen-bond donors (Lipinski definition) is 1. The molecule has 1 aliphatic heterocycles. The SMILES string of the molecule is COCCCNC(=O)CN1C(=O)CS[C@H](c2ccccc2OC)c2c(C(C)(C)C)nn(C(C)(C)C)c21. The summed E-state index contributed by atoms with van der Waals surface area (Å²) in [6.45, 7) is 13.6. The molecule has 3 rings (SSSR count). The fraction of sp³-hybridized carbons (Fsp3) is 0.593. The molecule has 0 spiro atoms. The number of benzene rings is 1. The van der Waals surface area contributed by atoms with Crippen LogP contribution in [0.5, 0.6) is 5.75 Å². The van der Waals surface area contributed by atoms with Gasteiger partial charge in [0.1, 0.15) is 18.1 Å². The van der Waals surface area contributed by atoms with E-state index in [9.17, 15) is 9.59 Å². The van der Waals surface area contributed by atoms with Crippen molar-refractivity contribution in [3.05, 3.63) is 41.1 Å². The molecule has 0 saturated heterocycles. The second kappa shape index (κ2) is 11.3. The molecule has 2 heterocycles. The van der Waals surface area contributed by atoms with E-state index in [4.69, 9.17) is 14.6 Å². The zero-order valence-electron chi connectivity index (χ0n) is 22.8. The molecule has 1 aromatic heterocycles. The maximum atomic E-state index is 13.6. The third kappa shape index (κ3) is 6.06. The van der Waals surface area contributed by atoms with Crippen LogP contribution in [0.25, 0.3) is 0 Å². The van der Waals surface area contributed by atoms with Crippen molar-refractivity contribution in [2.24, 2.45) is 0 Å². The smallest absolute Gasteiger partial charge is 0.240 e. The Balaban J connectivity index is 2.21. The Morgan fingerprint density at radius 2 is 1.86 bits per heavy atom. The van der Waals surface area contributed by atoms with E-state index in [1.54, 1.807) is 30.9 Å². The first-order valence-corrected chi connectivity index (χ1v) is 13.4. The molecule has 36 heavy (non-hydrogen) atoms. The number of thioether (sulfide) groups is 1. The van der Waals surface area contributed by atoms with Crippen molar-refractivity contribution in [1.82, 2.24) is 15.1 Å². The normalized spacial score (nSPS) is 16.5. The highest BCUT2D eigenvalue weighted by atomic mass is 32.2. The van der Waals surface area contributed by atoms with Gasteiger partial charge in [-0.1, -0.05) is 39.0 Å². The summed E-state index contributed by atoms with van der Waals surface area (Å²) in [5.74, 6) is 1.37. The number of fused-ring (bicyclic) bond motifs is 1. The van der Waals surface area contributed by atoms with Crippen molar-refractivity contribution in [2.45, 2.75) is 64.2 Å². The van der Waals surface area contributed by atoms with Gasteiger partial charge in [0.2, 0.25) is 11.8 Å². The summed E-state index contributed by atoms with van der Waals surface area (Å²) >= 11 is 1.55. The van der Waals surface area contributed by atoms with Crippen molar-refractivity contribution in [3.8, 4) is 5.75 Å². The molecule has 198 valence electrons. The number of aromatic nitrogens is 2. The lowest BCUT2D eigenvalue weighted by Gasteiger charge is -2.29. The summed E-state index contributed by atoms with van der Waals surface area (Å²) < 4.78 is 12.7. The number of methoxy groups -OCH3 is 2. The molecule has 2 amide bonds. The summed E-state index contributed by atoms with van der Waals surface area (Å²) in [5.41, 5.74) is 2.16.